The molecule has 0 unspecified atom stereocenters. The van der Waals surface area contributed by atoms with Crippen molar-refractivity contribution in [3.8, 4) is 0 Å². The van der Waals surface area contributed by atoms with Gasteiger partial charge in [-0.15, -0.1) is 0 Å². The van der Waals surface area contributed by atoms with Crippen molar-refractivity contribution in [2.45, 2.75) is 31.3 Å². The predicted molar refractivity (Wildman–Crippen MR) is 78.1 cm³/mol. The smallest absolute Gasteiger partial charge is 0.303 e. The maximum Gasteiger partial charge on any atom is 0.303 e. The molecule has 0 aliphatic rings. The van der Waals surface area contributed by atoms with Gasteiger partial charge in [-0.1, -0.05) is 0 Å². The second-order valence-corrected chi connectivity index (χ2v) is 4.85. The minimum atomic E-state index is -1.07. The van der Waals surface area contributed by atoms with E-state index in [2.05, 4.69) is 20.6 Å². The van der Waals surface area contributed by atoms with Crippen molar-refractivity contribution in [2.24, 2.45) is 5.73 Å². The number of imidazole rings is 1. The summed E-state index contributed by atoms with van der Waals surface area (Å²) in [5, 5.41) is 13.2. The molecule has 6 N–H and O–H groups in total. The predicted octanol–water partition coefficient (Wildman–Crippen LogP) is -2.06. The highest BCUT2D eigenvalue weighted by atomic mass is 16.4. The SMILES string of the molecule is N[C@@H](Cc1cnc[nH]1)C(=O)NCC(=O)N[C@H](C=O)CCC(=O)O. The first kappa shape index (κ1) is 18.3. The summed E-state index contributed by atoms with van der Waals surface area (Å²) in [5.41, 5.74) is 6.38. The number of rotatable bonds is 10. The van der Waals surface area contributed by atoms with E-state index in [1.807, 2.05) is 0 Å². The Bertz CT molecular complexity index is 545. The fourth-order valence-corrected chi connectivity index (χ4v) is 1.74. The Morgan fingerprint density at radius 2 is 2.17 bits per heavy atom. The van der Waals surface area contributed by atoms with Crippen LogP contribution in [0.3, 0.4) is 0 Å². The van der Waals surface area contributed by atoms with Crippen molar-refractivity contribution in [3.05, 3.63) is 18.2 Å². The lowest BCUT2D eigenvalue weighted by molar-refractivity contribution is -0.137. The van der Waals surface area contributed by atoms with Crippen LogP contribution in [0.4, 0.5) is 0 Å². The quantitative estimate of drug-likeness (QED) is 0.308. The molecule has 0 fully saturated rings. The van der Waals surface area contributed by atoms with Crippen LogP contribution in [0.15, 0.2) is 12.5 Å². The number of nitrogens with one attached hydrogen (secondary N) is 3. The standard InChI is InChI=1S/C13H19N5O5/c14-10(3-9-4-15-7-17-9)13(23)16-5-11(20)18-8(6-19)1-2-12(21)22/h4,6-8,10H,1-3,5,14H2,(H,15,17)(H,16,23)(H,18,20)(H,21,22)/t8-,10-/m0/s1. The fourth-order valence-electron chi connectivity index (χ4n) is 1.74. The summed E-state index contributed by atoms with van der Waals surface area (Å²) in [5.74, 6) is -2.19. The van der Waals surface area contributed by atoms with Crippen LogP contribution >= 0.6 is 0 Å². The Morgan fingerprint density at radius 3 is 2.74 bits per heavy atom. The van der Waals surface area contributed by atoms with E-state index < -0.39 is 29.9 Å². The first-order chi connectivity index (χ1) is 10.9. The molecular formula is C13H19N5O5. The number of nitrogens with two attached hydrogens (primary N) is 1. The van der Waals surface area contributed by atoms with Crippen molar-refractivity contribution in [1.82, 2.24) is 20.6 Å². The number of aromatic nitrogens is 2. The van der Waals surface area contributed by atoms with E-state index in [9.17, 15) is 19.2 Å². The first-order valence-electron chi connectivity index (χ1n) is 6.89. The zero-order chi connectivity index (χ0) is 17.2. The number of carboxylic acids is 1. The lowest BCUT2D eigenvalue weighted by atomic mass is 10.1. The van der Waals surface area contributed by atoms with Crippen molar-refractivity contribution in [1.29, 1.82) is 0 Å². The van der Waals surface area contributed by atoms with Gasteiger partial charge in [0.25, 0.3) is 0 Å². The van der Waals surface area contributed by atoms with Crippen LogP contribution in [0.2, 0.25) is 0 Å². The molecule has 0 aromatic carbocycles. The first-order valence-corrected chi connectivity index (χ1v) is 6.89. The minimum absolute atomic E-state index is 0.0160. The van der Waals surface area contributed by atoms with Crippen molar-refractivity contribution < 1.29 is 24.3 Å². The van der Waals surface area contributed by atoms with Gasteiger partial charge < -0.3 is 31.3 Å². The van der Waals surface area contributed by atoms with E-state index in [1.54, 1.807) is 0 Å². The molecule has 0 saturated carbocycles. The number of hydrogen-bond acceptors (Lipinski definition) is 6. The zero-order valence-electron chi connectivity index (χ0n) is 12.3. The molecule has 2 atom stereocenters. The number of hydrogen-bond donors (Lipinski definition) is 5. The highest BCUT2D eigenvalue weighted by Crippen LogP contribution is 1.97. The number of carbonyl (C=O) groups excluding carboxylic acids is 3. The third-order valence-corrected chi connectivity index (χ3v) is 2.93. The topological polar surface area (TPSA) is 167 Å². The van der Waals surface area contributed by atoms with Crippen LogP contribution in [0.5, 0.6) is 0 Å². The summed E-state index contributed by atoms with van der Waals surface area (Å²) in [7, 11) is 0. The van der Waals surface area contributed by atoms with Crippen molar-refractivity contribution >= 4 is 24.1 Å². The van der Waals surface area contributed by atoms with Crippen LogP contribution in [0, 0.1) is 0 Å². The molecule has 1 aromatic heterocycles. The molecule has 23 heavy (non-hydrogen) atoms. The third-order valence-electron chi connectivity index (χ3n) is 2.93. The summed E-state index contributed by atoms with van der Waals surface area (Å²) in [6.07, 6.45) is 3.43. The van der Waals surface area contributed by atoms with Gasteiger partial charge in [-0.2, -0.15) is 0 Å². The molecular weight excluding hydrogens is 306 g/mol. The Hall–Kier alpha value is -2.75. The maximum atomic E-state index is 11.7. The summed E-state index contributed by atoms with van der Waals surface area (Å²) < 4.78 is 0. The van der Waals surface area contributed by atoms with Crippen LogP contribution in [0.25, 0.3) is 0 Å². The number of aliphatic carboxylic acids is 1. The molecule has 0 radical (unpaired) electrons. The number of H-pyrrole nitrogens is 1. The number of nitrogens with zero attached hydrogens (tertiary/aromatic N) is 1. The van der Waals surface area contributed by atoms with Crippen LogP contribution < -0.4 is 16.4 Å². The largest absolute Gasteiger partial charge is 0.481 e. The van der Waals surface area contributed by atoms with Gasteiger partial charge in [0, 0.05) is 24.7 Å². The molecule has 10 nitrogen and oxygen atoms in total. The normalized spacial score (nSPS) is 12.9. The van der Waals surface area contributed by atoms with E-state index in [0.717, 1.165) is 0 Å². The number of amides is 2. The number of aromatic amines is 1. The fraction of sp³-hybridized carbons (Fsp3) is 0.462. The third kappa shape index (κ3) is 7.18. The van der Waals surface area contributed by atoms with Gasteiger partial charge in [0.05, 0.1) is 25.0 Å². The summed E-state index contributed by atoms with van der Waals surface area (Å²) in [4.78, 5) is 51.1. The molecule has 0 aliphatic heterocycles. The molecule has 0 aliphatic carbocycles. The van der Waals surface area contributed by atoms with Gasteiger partial charge in [0.1, 0.15) is 6.29 Å². The van der Waals surface area contributed by atoms with Crippen LogP contribution in [0.1, 0.15) is 18.5 Å². The molecule has 1 rings (SSSR count). The van der Waals surface area contributed by atoms with E-state index in [4.69, 9.17) is 10.8 Å². The molecule has 10 heteroatoms. The molecule has 1 heterocycles. The lowest BCUT2D eigenvalue weighted by Gasteiger charge is -2.14. The van der Waals surface area contributed by atoms with Crippen molar-refractivity contribution in [2.75, 3.05) is 6.54 Å². The molecule has 0 saturated heterocycles. The molecule has 126 valence electrons. The highest BCUT2D eigenvalue weighted by molar-refractivity contribution is 5.88. The number of aldehydes is 1. The van der Waals surface area contributed by atoms with Gasteiger partial charge in [-0.05, 0) is 6.42 Å². The minimum Gasteiger partial charge on any atom is -0.481 e. The zero-order valence-corrected chi connectivity index (χ0v) is 12.3. The van der Waals surface area contributed by atoms with Gasteiger partial charge in [-0.3, -0.25) is 14.4 Å². The van der Waals surface area contributed by atoms with E-state index in [0.29, 0.717) is 12.0 Å². The Labute approximate surface area is 131 Å². The summed E-state index contributed by atoms with van der Waals surface area (Å²) in [6, 6.07) is -1.76. The van der Waals surface area contributed by atoms with E-state index in [-0.39, 0.29) is 25.8 Å². The van der Waals surface area contributed by atoms with E-state index >= 15 is 0 Å². The van der Waals surface area contributed by atoms with Crippen LogP contribution in [-0.2, 0) is 25.6 Å². The molecule has 0 bridgehead atoms. The molecule has 2 amide bonds. The number of carbonyl (C=O) groups is 4. The summed E-state index contributed by atoms with van der Waals surface area (Å²) in [6.45, 7) is -0.354. The average Bonchev–Trinajstić information content (AvgIpc) is 3.01. The molecule has 0 spiro atoms. The second kappa shape index (κ2) is 9.30. The van der Waals surface area contributed by atoms with Crippen LogP contribution in [-0.4, -0.2) is 57.8 Å². The second-order valence-electron chi connectivity index (χ2n) is 4.85. The van der Waals surface area contributed by atoms with E-state index in [1.165, 1.54) is 12.5 Å². The lowest BCUT2D eigenvalue weighted by Crippen LogP contribution is -2.47. The Kier molecular flexibility index (Phi) is 7.40. The Morgan fingerprint density at radius 1 is 1.43 bits per heavy atom. The van der Waals surface area contributed by atoms with Gasteiger partial charge in [0.2, 0.25) is 11.8 Å². The van der Waals surface area contributed by atoms with Crippen molar-refractivity contribution in [3.63, 3.8) is 0 Å². The monoisotopic (exact) mass is 325 g/mol. The number of carboxylic acid groups (broad SMARTS) is 1. The summed E-state index contributed by atoms with van der Waals surface area (Å²) >= 11 is 0. The Balaban J connectivity index is 2.32. The van der Waals surface area contributed by atoms with Gasteiger partial charge >= 0.3 is 5.97 Å². The maximum absolute atomic E-state index is 11.7. The average molecular weight is 325 g/mol. The van der Waals surface area contributed by atoms with Gasteiger partial charge in [-0.25, -0.2) is 4.98 Å². The molecule has 1 aromatic rings. The highest BCUT2D eigenvalue weighted by Gasteiger charge is 2.17. The van der Waals surface area contributed by atoms with Gasteiger partial charge in [0.15, 0.2) is 0 Å².